The van der Waals surface area contributed by atoms with Crippen molar-refractivity contribution in [2.75, 3.05) is 13.3 Å². The summed E-state index contributed by atoms with van der Waals surface area (Å²) in [7, 11) is 0. The van der Waals surface area contributed by atoms with E-state index < -0.39 is 6.09 Å². The van der Waals surface area contributed by atoms with Crippen LogP contribution in [0.25, 0.3) is 0 Å². The van der Waals surface area contributed by atoms with Gasteiger partial charge >= 0.3 is 12.1 Å². The molecule has 131 valence electrons. The lowest BCUT2D eigenvalue weighted by atomic mass is 9.89. The van der Waals surface area contributed by atoms with E-state index in [0.717, 1.165) is 31.2 Å². The van der Waals surface area contributed by atoms with Gasteiger partial charge in [0.1, 0.15) is 0 Å². The van der Waals surface area contributed by atoms with Crippen LogP contribution in [0.3, 0.4) is 0 Å². The molecule has 1 amide bonds. The van der Waals surface area contributed by atoms with Gasteiger partial charge in [0, 0.05) is 17.5 Å². The number of nitrogens with one attached hydrogen (secondary N) is 1. The van der Waals surface area contributed by atoms with Gasteiger partial charge in [0.25, 0.3) is 0 Å². The van der Waals surface area contributed by atoms with E-state index in [1.807, 2.05) is 12.1 Å². The number of amides is 1. The number of esters is 1. The third-order valence-corrected chi connectivity index (χ3v) is 4.42. The molecule has 0 heterocycles. The normalized spacial score (nSPS) is 16.2. The van der Waals surface area contributed by atoms with Crippen LogP contribution in [0.2, 0.25) is 5.02 Å². The lowest BCUT2D eigenvalue weighted by Crippen LogP contribution is -2.30. The van der Waals surface area contributed by atoms with Crippen LogP contribution in [0, 0.1) is 12.8 Å². The Balaban J connectivity index is 1.62. The first kappa shape index (κ1) is 18.6. The molecule has 0 aromatic heterocycles. The van der Waals surface area contributed by atoms with E-state index in [1.165, 1.54) is 6.42 Å². The third kappa shape index (κ3) is 6.04. The van der Waals surface area contributed by atoms with Gasteiger partial charge in [-0.25, -0.2) is 4.79 Å². The van der Waals surface area contributed by atoms with Crippen LogP contribution in [0.4, 0.5) is 4.79 Å². The van der Waals surface area contributed by atoms with Gasteiger partial charge in [0.2, 0.25) is 6.79 Å². The number of benzene rings is 1. The molecule has 1 aromatic rings. The fourth-order valence-corrected chi connectivity index (χ4v) is 2.83. The molecule has 0 bridgehead atoms. The summed E-state index contributed by atoms with van der Waals surface area (Å²) in [5.74, 6) is -0.460. The van der Waals surface area contributed by atoms with Crippen LogP contribution in [0.1, 0.15) is 43.6 Å². The molecule has 1 fully saturated rings. The topological polar surface area (TPSA) is 64.6 Å². The lowest BCUT2D eigenvalue weighted by molar-refractivity contribution is -0.157. The quantitative estimate of drug-likeness (QED) is 0.619. The summed E-state index contributed by atoms with van der Waals surface area (Å²) in [5, 5.41) is 3.25. The van der Waals surface area contributed by atoms with E-state index in [-0.39, 0.29) is 24.6 Å². The Kier molecular flexibility index (Phi) is 7.37. The zero-order valence-electron chi connectivity index (χ0n) is 13.6. The molecular weight excluding hydrogens is 330 g/mol. The molecule has 1 saturated carbocycles. The summed E-state index contributed by atoms with van der Waals surface area (Å²) in [6, 6.07) is 7.27. The molecule has 1 aromatic carbocycles. The van der Waals surface area contributed by atoms with Gasteiger partial charge in [-0.3, -0.25) is 4.79 Å². The van der Waals surface area contributed by atoms with Crippen molar-refractivity contribution in [2.45, 2.75) is 38.0 Å². The van der Waals surface area contributed by atoms with Crippen molar-refractivity contribution in [1.82, 2.24) is 5.32 Å². The van der Waals surface area contributed by atoms with Crippen molar-refractivity contribution < 1.29 is 19.1 Å². The summed E-state index contributed by atoms with van der Waals surface area (Å²) < 4.78 is 9.87. The van der Waals surface area contributed by atoms with Gasteiger partial charge < -0.3 is 14.8 Å². The van der Waals surface area contributed by atoms with E-state index in [4.69, 9.17) is 21.1 Å². The van der Waals surface area contributed by atoms with E-state index in [9.17, 15) is 9.59 Å². The van der Waals surface area contributed by atoms with Crippen LogP contribution in [0.5, 0.6) is 0 Å². The molecule has 1 aliphatic rings. The van der Waals surface area contributed by atoms with Crippen molar-refractivity contribution in [2.24, 2.45) is 5.92 Å². The molecule has 1 aliphatic carbocycles. The zero-order chi connectivity index (χ0) is 17.4. The third-order valence-electron chi connectivity index (χ3n) is 4.16. The molecule has 0 unspecified atom stereocenters. The smallest absolute Gasteiger partial charge is 0.410 e. The highest BCUT2D eigenvalue weighted by Crippen LogP contribution is 2.24. The molecule has 6 heteroatoms. The molecule has 0 saturated heterocycles. The van der Waals surface area contributed by atoms with Crippen LogP contribution in [-0.4, -0.2) is 25.4 Å². The van der Waals surface area contributed by atoms with Crippen molar-refractivity contribution in [1.29, 1.82) is 0 Å². The number of rotatable bonds is 6. The largest absolute Gasteiger partial charge is 0.428 e. The zero-order valence-corrected chi connectivity index (χ0v) is 14.4. The number of alkyl carbamates (subject to hydrolysis) is 1. The Morgan fingerprint density at radius 3 is 2.50 bits per heavy atom. The minimum atomic E-state index is -0.631. The van der Waals surface area contributed by atoms with Crippen LogP contribution >= 0.6 is 11.6 Å². The van der Waals surface area contributed by atoms with Gasteiger partial charge in [0.05, 0.1) is 5.92 Å². The summed E-state index contributed by atoms with van der Waals surface area (Å²) in [4.78, 5) is 23.4. The van der Waals surface area contributed by atoms with Gasteiger partial charge in [0.15, 0.2) is 0 Å². The molecule has 1 atom stereocenters. The van der Waals surface area contributed by atoms with E-state index >= 15 is 0 Å². The first-order chi connectivity index (χ1) is 11.6. The fourth-order valence-electron chi connectivity index (χ4n) is 2.71. The molecule has 2 rings (SSSR count). The molecule has 1 N–H and O–H groups in total. The first-order valence-corrected chi connectivity index (χ1v) is 8.60. The molecule has 0 spiro atoms. The van der Waals surface area contributed by atoms with E-state index in [0.29, 0.717) is 11.6 Å². The minimum Gasteiger partial charge on any atom is -0.428 e. The molecular formula is C18H23ClNO4. The Morgan fingerprint density at radius 2 is 1.83 bits per heavy atom. The first-order valence-electron chi connectivity index (χ1n) is 8.22. The minimum absolute atomic E-state index is 0.0560. The summed E-state index contributed by atoms with van der Waals surface area (Å²) >= 11 is 5.83. The van der Waals surface area contributed by atoms with Crippen LogP contribution in [-0.2, 0) is 14.3 Å². The maximum atomic E-state index is 11.8. The Hall–Kier alpha value is -1.75. The Labute approximate surface area is 147 Å². The highest BCUT2D eigenvalue weighted by atomic mass is 35.5. The van der Waals surface area contributed by atoms with Gasteiger partial charge in [-0.15, -0.1) is 0 Å². The SMILES string of the molecule is [CH2][C@@H](CNC(=O)OCOC(=O)C1CCCCC1)c1ccc(Cl)cc1. The number of halogens is 1. The molecule has 0 aliphatic heterocycles. The monoisotopic (exact) mass is 352 g/mol. The molecule has 5 nitrogen and oxygen atoms in total. The summed E-state index contributed by atoms with van der Waals surface area (Å²) in [6.45, 7) is 3.94. The second kappa shape index (κ2) is 9.52. The standard InChI is InChI=1S/C18H23ClNO4/c1-13(14-7-9-16(19)10-8-14)11-20-18(22)24-12-23-17(21)15-5-3-2-4-6-15/h7-10,13,15H,1-6,11-12H2,(H,20,22)/t13-/m0/s1. The highest BCUT2D eigenvalue weighted by molar-refractivity contribution is 6.30. The van der Waals surface area contributed by atoms with Gasteiger partial charge in [-0.1, -0.05) is 43.0 Å². The fraction of sp³-hybridized carbons (Fsp3) is 0.500. The predicted molar refractivity (Wildman–Crippen MR) is 91.6 cm³/mol. The second-order valence-electron chi connectivity index (χ2n) is 5.98. The second-order valence-corrected chi connectivity index (χ2v) is 6.41. The Bertz CT molecular complexity index is 540. The van der Waals surface area contributed by atoms with E-state index in [1.54, 1.807) is 12.1 Å². The summed E-state index contributed by atoms with van der Waals surface area (Å²) in [6.07, 6.45) is 4.36. The maximum Gasteiger partial charge on any atom is 0.410 e. The van der Waals surface area contributed by atoms with Crippen molar-refractivity contribution >= 4 is 23.7 Å². The van der Waals surface area contributed by atoms with Gasteiger partial charge in [-0.2, -0.15) is 0 Å². The average molecular weight is 353 g/mol. The number of hydrogen-bond acceptors (Lipinski definition) is 4. The van der Waals surface area contributed by atoms with Crippen molar-refractivity contribution in [3.8, 4) is 0 Å². The maximum absolute atomic E-state index is 11.8. The van der Waals surface area contributed by atoms with Crippen molar-refractivity contribution in [3.63, 3.8) is 0 Å². The molecule has 24 heavy (non-hydrogen) atoms. The number of ether oxygens (including phenoxy) is 2. The lowest BCUT2D eigenvalue weighted by Gasteiger charge is -2.19. The number of carbonyl (C=O) groups excluding carboxylic acids is 2. The van der Waals surface area contributed by atoms with E-state index in [2.05, 4.69) is 12.2 Å². The predicted octanol–water partition coefficient (Wildman–Crippen LogP) is 4.06. The highest BCUT2D eigenvalue weighted by Gasteiger charge is 2.22. The summed E-state index contributed by atoms with van der Waals surface area (Å²) in [5.41, 5.74) is 0.962. The average Bonchev–Trinajstić information content (AvgIpc) is 2.61. The number of hydrogen-bond donors (Lipinski definition) is 1. The Morgan fingerprint density at radius 1 is 1.17 bits per heavy atom. The van der Waals surface area contributed by atoms with Crippen molar-refractivity contribution in [3.05, 3.63) is 41.8 Å². The molecule has 1 radical (unpaired) electrons. The van der Waals surface area contributed by atoms with Gasteiger partial charge in [-0.05, 0) is 37.5 Å². The van der Waals surface area contributed by atoms with Crippen LogP contribution in [0.15, 0.2) is 24.3 Å². The van der Waals surface area contributed by atoms with Crippen LogP contribution < -0.4 is 5.32 Å². The number of carbonyl (C=O) groups is 2.